The van der Waals surface area contributed by atoms with E-state index in [-0.39, 0.29) is 5.91 Å². The van der Waals surface area contributed by atoms with Crippen molar-refractivity contribution in [2.24, 2.45) is 5.16 Å². The number of hydrogen-bond acceptors (Lipinski definition) is 4. The van der Waals surface area contributed by atoms with Crippen molar-refractivity contribution in [3.63, 3.8) is 0 Å². The lowest BCUT2D eigenvalue weighted by atomic mass is 10.1. The number of rotatable bonds is 5. The molecule has 1 N–H and O–H groups in total. The van der Waals surface area contributed by atoms with Gasteiger partial charge in [-0.1, -0.05) is 35.0 Å². The van der Waals surface area contributed by atoms with Crippen molar-refractivity contribution in [3.8, 4) is 0 Å². The highest BCUT2D eigenvalue weighted by molar-refractivity contribution is 6.35. The minimum absolute atomic E-state index is 0.102. The van der Waals surface area contributed by atoms with Gasteiger partial charge in [0.15, 0.2) is 0 Å². The van der Waals surface area contributed by atoms with Gasteiger partial charge in [0, 0.05) is 34.8 Å². The number of aromatic nitrogens is 1. The Kier molecular flexibility index (Phi) is 5.49. The summed E-state index contributed by atoms with van der Waals surface area (Å²) in [5.74, 6) is -0.102. The van der Waals surface area contributed by atoms with Gasteiger partial charge in [0.1, 0.15) is 6.61 Å². The SMILES string of the molecule is CC(=O)Nc1ccc(C(C)=NOCc2ccc(Cl)c3cccnc23)cc1. The van der Waals surface area contributed by atoms with Crippen molar-refractivity contribution >= 4 is 39.8 Å². The number of nitrogens with zero attached hydrogens (tertiary/aromatic N) is 2. The minimum Gasteiger partial charge on any atom is -0.391 e. The first-order valence-corrected chi connectivity index (χ1v) is 8.49. The number of pyridine rings is 1. The van der Waals surface area contributed by atoms with E-state index in [2.05, 4.69) is 15.5 Å². The maximum Gasteiger partial charge on any atom is 0.221 e. The van der Waals surface area contributed by atoms with Gasteiger partial charge in [-0.3, -0.25) is 9.78 Å². The van der Waals surface area contributed by atoms with E-state index in [9.17, 15) is 4.79 Å². The molecule has 132 valence electrons. The van der Waals surface area contributed by atoms with Gasteiger partial charge < -0.3 is 10.2 Å². The molecule has 6 heteroatoms. The first-order chi connectivity index (χ1) is 12.5. The Morgan fingerprint density at radius 2 is 1.92 bits per heavy atom. The lowest BCUT2D eigenvalue weighted by Crippen LogP contribution is -2.06. The zero-order valence-corrected chi connectivity index (χ0v) is 15.2. The van der Waals surface area contributed by atoms with Crippen LogP contribution in [0.4, 0.5) is 5.69 Å². The van der Waals surface area contributed by atoms with E-state index in [1.165, 1.54) is 6.92 Å². The van der Waals surface area contributed by atoms with Gasteiger partial charge in [-0.25, -0.2) is 0 Å². The van der Waals surface area contributed by atoms with E-state index < -0.39 is 0 Å². The van der Waals surface area contributed by atoms with E-state index in [0.29, 0.717) is 11.6 Å². The van der Waals surface area contributed by atoms with E-state index >= 15 is 0 Å². The van der Waals surface area contributed by atoms with Crippen molar-refractivity contribution in [1.29, 1.82) is 0 Å². The molecule has 0 saturated carbocycles. The fraction of sp³-hybridized carbons (Fsp3) is 0.150. The van der Waals surface area contributed by atoms with Gasteiger partial charge >= 0.3 is 0 Å². The van der Waals surface area contributed by atoms with E-state index in [1.807, 2.05) is 55.5 Å². The van der Waals surface area contributed by atoms with Crippen molar-refractivity contribution in [1.82, 2.24) is 4.98 Å². The Morgan fingerprint density at radius 1 is 1.15 bits per heavy atom. The zero-order chi connectivity index (χ0) is 18.5. The number of anilines is 1. The van der Waals surface area contributed by atoms with Crippen LogP contribution in [-0.4, -0.2) is 16.6 Å². The summed E-state index contributed by atoms with van der Waals surface area (Å²) in [6.07, 6.45) is 1.73. The molecule has 3 rings (SSSR count). The highest BCUT2D eigenvalue weighted by Crippen LogP contribution is 2.25. The number of fused-ring (bicyclic) bond motifs is 1. The first-order valence-electron chi connectivity index (χ1n) is 8.11. The fourth-order valence-electron chi connectivity index (χ4n) is 2.56. The smallest absolute Gasteiger partial charge is 0.221 e. The molecule has 0 aliphatic rings. The molecule has 0 aliphatic heterocycles. The van der Waals surface area contributed by atoms with Gasteiger partial charge in [-0.05, 0) is 42.8 Å². The highest BCUT2D eigenvalue weighted by atomic mass is 35.5. The standard InChI is InChI=1S/C20H18ClN3O2/c1-13(15-5-8-17(9-6-15)23-14(2)25)24-26-12-16-7-10-19(21)18-4-3-11-22-20(16)18/h3-11H,12H2,1-2H3,(H,23,25). The number of halogens is 1. The second-order valence-electron chi connectivity index (χ2n) is 5.81. The van der Waals surface area contributed by atoms with Crippen LogP contribution in [0, 0.1) is 0 Å². The third-order valence-corrected chi connectivity index (χ3v) is 4.17. The summed E-state index contributed by atoms with van der Waals surface area (Å²) in [7, 11) is 0. The van der Waals surface area contributed by atoms with Crippen LogP contribution in [-0.2, 0) is 16.2 Å². The van der Waals surface area contributed by atoms with Gasteiger partial charge in [-0.15, -0.1) is 0 Å². The van der Waals surface area contributed by atoms with Gasteiger partial charge in [-0.2, -0.15) is 0 Å². The van der Waals surface area contributed by atoms with Crippen molar-refractivity contribution in [2.45, 2.75) is 20.5 Å². The highest BCUT2D eigenvalue weighted by Gasteiger charge is 2.06. The number of nitrogens with one attached hydrogen (secondary N) is 1. The molecule has 0 bridgehead atoms. The van der Waals surface area contributed by atoms with Crippen LogP contribution in [0.1, 0.15) is 25.0 Å². The lowest BCUT2D eigenvalue weighted by molar-refractivity contribution is -0.114. The molecule has 26 heavy (non-hydrogen) atoms. The molecule has 3 aromatic rings. The Balaban J connectivity index is 1.70. The molecule has 1 heterocycles. The quantitative estimate of drug-likeness (QED) is 0.521. The van der Waals surface area contributed by atoms with Crippen LogP contribution in [0.5, 0.6) is 0 Å². The Bertz CT molecular complexity index is 968. The van der Waals surface area contributed by atoms with Crippen LogP contribution in [0.2, 0.25) is 5.02 Å². The average molecular weight is 368 g/mol. The molecule has 0 aliphatic carbocycles. The summed E-state index contributed by atoms with van der Waals surface area (Å²) in [6.45, 7) is 3.64. The van der Waals surface area contributed by atoms with Crippen LogP contribution in [0.25, 0.3) is 10.9 Å². The maximum absolute atomic E-state index is 11.1. The molecule has 0 fully saturated rings. The largest absolute Gasteiger partial charge is 0.391 e. The van der Waals surface area contributed by atoms with Crippen molar-refractivity contribution in [3.05, 3.63) is 70.9 Å². The van der Waals surface area contributed by atoms with E-state index in [4.69, 9.17) is 16.4 Å². The zero-order valence-electron chi connectivity index (χ0n) is 14.5. The van der Waals surface area contributed by atoms with Crippen LogP contribution in [0.3, 0.4) is 0 Å². The summed E-state index contributed by atoms with van der Waals surface area (Å²) in [4.78, 5) is 21.0. The Hall–Kier alpha value is -2.92. The molecule has 0 unspecified atom stereocenters. The molecular formula is C20H18ClN3O2. The second-order valence-corrected chi connectivity index (χ2v) is 6.22. The third kappa shape index (κ3) is 4.18. The number of carbonyl (C=O) groups is 1. The normalized spacial score (nSPS) is 11.4. The molecule has 1 amide bonds. The van der Waals surface area contributed by atoms with Gasteiger partial charge in [0.05, 0.1) is 11.2 Å². The number of benzene rings is 2. The van der Waals surface area contributed by atoms with Gasteiger partial charge in [0.2, 0.25) is 5.91 Å². The second kappa shape index (κ2) is 7.97. The summed E-state index contributed by atoms with van der Waals surface area (Å²) < 4.78 is 0. The Morgan fingerprint density at radius 3 is 2.65 bits per heavy atom. The monoisotopic (exact) mass is 367 g/mol. The number of hydrogen-bond donors (Lipinski definition) is 1. The molecule has 0 radical (unpaired) electrons. The third-order valence-electron chi connectivity index (χ3n) is 3.84. The van der Waals surface area contributed by atoms with Crippen LogP contribution >= 0.6 is 11.6 Å². The summed E-state index contributed by atoms with van der Waals surface area (Å²) in [5.41, 5.74) is 4.13. The number of oxime groups is 1. The van der Waals surface area contributed by atoms with E-state index in [0.717, 1.165) is 33.4 Å². The lowest BCUT2D eigenvalue weighted by Gasteiger charge is -2.07. The predicted octanol–water partition coefficient (Wildman–Crippen LogP) is 4.79. The molecule has 2 aromatic carbocycles. The predicted molar refractivity (Wildman–Crippen MR) is 104 cm³/mol. The summed E-state index contributed by atoms with van der Waals surface area (Å²) in [5, 5.41) is 8.46. The average Bonchev–Trinajstić information content (AvgIpc) is 2.64. The van der Waals surface area contributed by atoms with Crippen LogP contribution in [0.15, 0.2) is 59.9 Å². The summed E-state index contributed by atoms with van der Waals surface area (Å²) in [6, 6.07) is 14.9. The van der Waals surface area contributed by atoms with Gasteiger partial charge in [0.25, 0.3) is 0 Å². The molecule has 1 aromatic heterocycles. The van der Waals surface area contributed by atoms with Crippen molar-refractivity contribution in [2.75, 3.05) is 5.32 Å². The maximum atomic E-state index is 11.1. The van der Waals surface area contributed by atoms with E-state index in [1.54, 1.807) is 6.20 Å². The number of carbonyl (C=O) groups excluding carboxylic acids is 1. The fourth-order valence-corrected chi connectivity index (χ4v) is 2.78. The molecule has 5 nitrogen and oxygen atoms in total. The molecule has 0 atom stereocenters. The first kappa shape index (κ1) is 17.9. The summed E-state index contributed by atoms with van der Waals surface area (Å²) >= 11 is 6.20. The Labute approximate surface area is 156 Å². The molecule has 0 spiro atoms. The van der Waals surface area contributed by atoms with Crippen LogP contribution < -0.4 is 5.32 Å². The topological polar surface area (TPSA) is 63.6 Å². The minimum atomic E-state index is -0.102. The van der Waals surface area contributed by atoms with Crippen molar-refractivity contribution < 1.29 is 9.63 Å². The molecular weight excluding hydrogens is 350 g/mol. The molecule has 0 saturated heterocycles. The number of amides is 1.